The average Bonchev–Trinajstić information content (AvgIpc) is 3.12. The summed E-state index contributed by atoms with van der Waals surface area (Å²) < 4.78 is 37.6. The van der Waals surface area contributed by atoms with Crippen molar-refractivity contribution in [1.29, 1.82) is 0 Å². The molecule has 0 bridgehead atoms. The van der Waals surface area contributed by atoms with E-state index < -0.39 is 10.0 Å². The van der Waals surface area contributed by atoms with Gasteiger partial charge in [-0.15, -0.1) is 11.3 Å². The van der Waals surface area contributed by atoms with E-state index >= 15 is 0 Å². The van der Waals surface area contributed by atoms with Crippen LogP contribution in [0.15, 0.2) is 36.4 Å². The van der Waals surface area contributed by atoms with E-state index in [1.807, 2.05) is 50.2 Å². The maximum Gasteiger partial charge on any atom is 0.265 e. The highest BCUT2D eigenvalue weighted by Crippen LogP contribution is 2.36. The van der Waals surface area contributed by atoms with Gasteiger partial charge in [-0.3, -0.25) is 4.79 Å². The number of hydrogen-bond donors (Lipinski definition) is 1. The Balaban J connectivity index is 1.63. The molecule has 3 rings (SSSR count). The second kappa shape index (κ2) is 9.25. The number of nitrogens with zero attached hydrogens (tertiary/aromatic N) is 1. The lowest BCUT2D eigenvalue weighted by Gasteiger charge is -2.34. The molecule has 1 aliphatic rings. The van der Waals surface area contributed by atoms with Crippen molar-refractivity contribution >= 4 is 27.3 Å². The zero-order chi connectivity index (χ0) is 21.0. The lowest BCUT2D eigenvalue weighted by Crippen LogP contribution is -2.49. The first-order valence-electron chi connectivity index (χ1n) is 9.45. The van der Waals surface area contributed by atoms with Crippen molar-refractivity contribution < 1.29 is 22.7 Å². The van der Waals surface area contributed by atoms with Gasteiger partial charge in [0.2, 0.25) is 10.0 Å². The van der Waals surface area contributed by atoms with Gasteiger partial charge in [0, 0.05) is 24.5 Å². The lowest BCUT2D eigenvalue weighted by molar-refractivity contribution is -0.0440. The molecule has 7 nitrogen and oxygen atoms in total. The molecule has 1 N–H and O–H groups in total. The minimum Gasteiger partial charge on any atom is -0.495 e. The number of morpholine rings is 1. The monoisotopic (exact) mass is 438 g/mol. The van der Waals surface area contributed by atoms with E-state index in [-0.39, 0.29) is 30.4 Å². The highest BCUT2D eigenvalue weighted by molar-refractivity contribution is 7.89. The molecule has 1 aliphatic heterocycles. The van der Waals surface area contributed by atoms with Crippen LogP contribution in [0.1, 0.15) is 23.5 Å². The standard InChI is InChI=1S/C20H26N2O5S2/c1-14-12-22(13-15(2)27-14)29(24,25)10-9-21-20(23)19-17(26-3)11-18(28-19)16-7-5-4-6-8-16/h4-8,11,14-15H,9-10,12-13H2,1-3H3,(H,21,23)/t14-,15+. The van der Waals surface area contributed by atoms with E-state index in [2.05, 4.69) is 5.32 Å². The maximum atomic E-state index is 12.6. The first-order chi connectivity index (χ1) is 13.8. The van der Waals surface area contributed by atoms with Crippen molar-refractivity contribution in [2.24, 2.45) is 0 Å². The van der Waals surface area contributed by atoms with Gasteiger partial charge in [0.05, 0.1) is 25.1 Å². The minimum atomic E-state index is -3.47. The van der Waals surface area contributed by atoms with Crippen LogP contribution in [0, 0.1) is 0 Å². The maximum absolute atomic E-state index is 12.6. The number of carbonyl (C=O) groups excluding carboxylic acids is 1. The Hall–Kier alpha value is -1.94. The van der Waals surface area contributed by atoms with E-state index in [9.17, 15) is 13.2 Å². The third-order valence-corrected chi connectivity index (χ3v) is 7.58. The number of benzene rings is 1. The summed E-state index contributed by atoms with van der Waals surface area (Å²) in [5.74, 6) is -0.0183. The van der Waals surface area contributed by atoms with E-state index in [4.69, 9.17) is 9.47 Å². The van der Waals surface area contributed by atoms with Crippen LogP contribution in [0.2, 0.25) is 0 Å². The molecule has 1 aromatic heterocycles. The number of nitrogens with one attached hydrogen (secondary N) is 1. The number of ether oxygens (including phenoxy) is 2. The molecule has 1 saturated heterocycles. The van der Waals surface area contributed by atoms with Crippen molar-refractivity contribution in [3.05, 3.63) is 41.3 Å². The Kier molecular flexibility index (Phi) is 6.94. The molecule has 0 spiro atoms. The topological polar surface area (TPSA) is 84.9 Å². The highest BCUT2D eigenvalue weighted by Gasteiger charge is 2.30. The number of hydrogen-bond acceptors (Lipinski definition) is 6. The summed E-state index contributed by atoms with van der Waals surface area (Å²) in [6.45, 7) is 4.41. The van der Waals surface area contributed by atoms with Crippen LogP contribution in [0.25, 0.3) is 10.4 Å². The second-order valence-corrected chi connectivity index (χ2v) is 10.2. The van der Waals surface area contributed by atoms with E-state index in [0.717, 1.165) is 10.4 Å². The zero-order valence-corrected chi connectivity index (χ0v) is 18.4. The molecule has 0 radical (unpaired) electrons. The molecule has 1 fully saturated rings. The summed E-state index contributed by atoms with van der Waals surface area (Å²) in [7, 11) is -1.96. The van der Waals surface area contributed by atoms with Gasteiger partial charge in [-0.05, 0) is 25.5 Å². The fourth-order valence-electron chi connectivity index (χ4n) is 3.29. The molecule has 2 heterocycles. The molecule has 9 heteroatoms. The number of methoxy groups -OCH3 is 1. The normalized spacial score (nSPS) is 20.4. The summed E-state index contributed by atoms with van der Waals surface area (Å²) in [6, 6.07) is 11.5. The van der Waals surface area contributed by atoms with Crippen LogP contribution in [0.5, 0.6) is 5.75 Å². The molecule has 0 saturated carbocycles. The summed E-state index contributed by atoms with van der Waals surface area (Å²) in [5, 5.41) is 2.71. The Morgan fingerprint density at radius 1 is 1.24 bits per heavy atom. The third kappa shape index (κ3) is 5.36. The van der Waals surface area contributed by atoms with Gasteiger partial charge in [0.15, 0.2) is 0 Å². The lowest BCUT2D eigenvalue weighted by atomic mass is 10.2. The fourth-order valence-corrected chi connectivity index (χ4v) is 5.83. The van der Waals surface area contributed by atoms with Crippen LogP contribution in [-0.2, 0) is 14.8 Å². The smallest absolute Gasteiger partial charge is 0.265 e. The summed E-state index contributed by atoms with van der Waals surface area (Å²) in [5.41, 5.74) is 0.994. The van der Waals surface area contributed by atoms with Crippen molar-refractivity contribution in [3.63, 3.8) is 0 Å². The van der Waals surface area contributed by atoms with Crippen LogP contribution >= 0.6 is 11.3 Å². The molecule has 1 amide bonds. The van der Waals surface area contributed by atoms with Crippen LogP contribution in [0.3, 0.4) is 0 Å². The largest absolute Gasteiger partial charge is 0.495 e. The van der Waals surface area contributed by atoms with Gasteiger partial charge >= 0.3 is 0 Å². The number of rotatable bonds is 7. The molecule has 0 unspecified atom stereocenters. The van der Waals surface area contributed by atoms with Crippen molar-refractivity contribution in [2.75, 3.05) is 32.5 Å². The molecular weight excluding hydrogens is 412 g/mol. The van der Waals surface area contributed by atoms with Gasteiger partial charge in [-0.25, -0.2) is 8.42 Å². The van der Waals surface area contributed by atoms with E-state index in [1.54, 1.807) is 0 Å². The van der Waals surface area contributed by atoms with Crippen molar-refractivity contribution in [1.82, 2.24) is 9.62 Å². The van der Waals surface area contributed by atoms with Crippen molar-refractivity contribution in [2.45, 2.75) is 26.1 Å². The second-order valence-electron chi connectivity index (χ2n) is 7.02. The van der Waals surface area contributed by atoms with Crippen LogP contribution in [-0.4, -0.2) is 63.3 Å². The Labute approximate surface area is 175 Å². The van der Waals surface area contributed by atoms with Crippen LogP contribution in [0.4, 0.5) is 0 Å². The molecule has 158 valence electrons. The first kappa shape index (κ1) is 21.8. The van der Waals surface area contributed by atoms with Crippen molar-refractivity contribution in [3.8, 4) is 16.2 Å². The van der Waals surface area contributed by atoms with Gasteiger partial charge in [-0.2, -0.15) is 4.31 Å². The Morgan fingerprint density at radius 2 is 1.90 bits per heavy atom. The molecule has 2 aromatic rings. The quantitative estimate of drug-likeness (QED) is 0.718. The van der Waals surface area contributed by atoms with Crippen LogP contribution < -0.4 is 10.1 Å². The molecule has 1 aromatic carbocycles. The SMILES string of the molecule is COc1cc(-c2ccccc2)sc1C(=O)NCCS(=O)(=O)N1C[C@@H](C)O[C@@H](C)C1. The number of carbonyl (C=O) groups is 1. The van der Waals surface area contributed by atoms with E-state index in [0.29, 0.717) is 23.7 Å². The zero-order valence-electron chi connectivity index (χ0n) is 16.8. The third-order valence-electron chi connectivity index (χ3n) is 4.61. The predicted molar refractivity (Wildman–Crippen MR) is 114 cm³/mol. The highest BCUT2D eigenvalue weighted by atomic mass is 32.2. The summed E-state index contributed by atoms with van der Waals surface area (Å²) in [4.78, 5) is 14.0. The van der Waals surface area contributed by atoms with Gasteiger partial charge in [0.25, 0.3) is 5.91 Å². The summed E-state index contributed by atoms with van der Waals surface area (Å²) >= 11 is 1.32. The van der Waals surface area contributed by atoms with Gasteiger partial charge in [0.1, 0.15) is 10.6 Å². The summed E-state index contributed by atoms with van der Waals surface area (Å²) in [6.07, 6.45) is -0.287. The molecule has 29 heavy (non-hydrogen) atoms. The molecule has 0 aliphatic carbocycles. The predicted octanol–water partition coefficient (Wildman–Crippen LogP) is 2.59. The van der Waals surface area contributed by atoms with Gasteiger partial charge in [-0.1, -0.05) is 30.3 Å². The molecular formula is C20H26N2O5S2. The fraction of sp³-hybridized carbons (Fsp3) is 0.450. The average molecular weight is 439 g/mol. The van der Waals surface area contributed by atoms with E-state index in [1.165, 1.54) is 22.8 Å². The first-order valence-corrected chi connectivity index (χ1v) is 11.9. The molecule has 2 atom stereocenters. The number of thiophene rings is 1. The Morgan fingerprint density at radius 3 is 2.52 bits per heavy atom. The number of amides is 1. The number of sulfonamides is 1. The van der Waals surface area contributed by atoms with Gasteiger partial charge < -0.3 is 14.8 Å². The minimum absolute atomic E-state index is 0.0308. The Bertz CT molecular complexity index is 933.